The van der Waals surface area contributed by atoms with Gasteiger partial charge in [-0.25, -0.2) is 0 Å². The van der Waals surface area contributed by atoms with Crippen molar-refractivity contribution in [1.29, 1.82) is 0 Å². The second kappa shape index (κ2) is 6.42. The highest BCUT2D eigenvalue weighted by molar-refractivity contribution is 5.83. The van der Waals surface area contributed by atoms with E-state index >= 15 is 0 Å². The minimum Gasteiger partial charge on any atom is -0.361 e. The minimum atomic E-state index is 0.563. The van der Waals surface area contributed by atoms with Crippen LogP contribution in [0.15, 0.2) is 30.5 Å². The van der Waals surface area contributed by atoms with Gasteiger partial charge in [-0.15, -0.1) is 0 Å². The number of piperazine rings is 1. The topological polar surface area (TPSA) is 31.1 Å². The van der Waals surface area contributed by atoms with Crippen molar-refractivity contribution >= 4 is 10.9 Å². The maximum atomic E-state index is 3.46. The van der Waals surface area contributed by atoms with E-state index in [1.165, 1.54) is 35.7 Å². The molecule has 0 bridgehead atoms. The summed E-state index contributed by atoms with van der Waals surface area (Å²) >= 11 is 0. The Kier molecular flexibility index (Phi) is 4.38. The molecule has 3 nitrogen and oxygen atoms in total. The molecule has 20 heavy (non-hydrogen) atoms. The zero-order chi connectivity index (χ0) is 13.8. The Bertz CT molecular complexity index is 540. The average Bonchev–Trinajstić information content (AvgIpc) is 2.93. The molecule has 1 fully saturated rings. The van der Waals surface area contributed by atoms with Crippen LogP contribution in [0.25, 0.3) is 10.9 Å². The van der Waals surface area contributed by atoms with E-state index in [0.717, 1.165) is 26.2 Å². The van der Waals surface area contributed by atoms with E-state index in [2.05, 4.69) is 52.6 Å². The zero-order valence-electron chi connectivity index (χ0n) is 12.4. The molecule has 1 aliphatic heterocycles. The van der Waals surface area contributed by atoms with Crippen molar-refractivity contribution in [3.8, 4) is 0 Å². The highest BCUT2D eigenvalue weighted by Crippen LogP contribution is 2.32. The van der Waals surface area contributed by atoms with Gasteiger partial charge in [-0.1, -0.05) is 38.0 Å². The Morgan fingerprint density at radius 2 is 2.00 bits per heavy atom. The molecule has 2 N–H and O–H groups in total. The molecule has 2 heterocycles. The molecule has 3 heteroatoms. The van der Waals surface area contributed by atoms with Crippen LogP contribution in [0.1, 0.15) is 37.8 Å². The molecule has 1 aliphatic rings. The lowest BCUT2D eigenvalue weighted by atomic mass is 9.98. The number of H-pyrrole nitrogens is 1. The van der Waals surface area contributed by atoms with Gasteiger partial charge >= 0.3 is 0 Å². The monoisotopic (exact) mass is 271 g/mol. The summed E-state index contributed by atoms with van der Waals surface area (Å²) in [6, 6.07) is 9.24. The first-order valence-corrected chi connectivity index (χ1v) is 7.91. The van der Waals surface area contributed by atoms with Gasteiger partial charge < -0.3 is 10.3 Å². The maximum Gasteiger partial charge on any atom is 0.0457 e. The second-order valence-electron chi connectivity index (χ2n) is 5.73. The first kappa shape index (κ1) is 13.7. The minimum absolute atomic E-state index is 0.563. The fourth-order valence-electron chi connectivity index (χ4n) is 3.30. The van der Waals surface area contributed by atoms with Crippen molar-refractivity contribution in [3.63, 3.8) is 0 Å². The van der Waals surface area contributed by atoms with Crippen LogP contribution in [0.2, 0.25) is 0 Å². The summed E-state index contributed by atoms with van der Waals surface area (Å²) in [5, 5.41) is 4.85. The number of hydrogen-bond donors (Lipinski definition) is 2. The molecule has 1 aromatic carbocycles. The molecule has 0 aliphatic carbocycles. The summed E-state index contributed by atoms with van der Waals surface area (Å²) < 4.78 is 0. The van der Waals surface area contributed by atoms with E-state index in [1.54, 1.807) is 0 Å². The van der Waals surface area contributed by atoms with Gasteiger partial charge in [0.15, 0.2) is 0 Å². The van der Waals surface area contributed by atoms with E-state index in [0.29, 0.717) is 6.04 Å². The number of aromatic nitrogens is 1. The van der Waals surface area contributed by atoms with Gasteiger partial charge in [0.25, 0.3) is 0 Å². The lowest BCUT2D eigenvalue weighted by Gasteiger charge is -2.35. The smallest absolute Gasteiger partial charge is 0.0457 e. The maximum absolute atomic E-state index is 3.46. The third-order valence-electron chi connectivity index (χ3n) is 4.40. The first-order valence-electron chi connectivity index (χ1n) is 7.91. The Morgan fingerprint density at radius 3 is 2.80 bits per heavy atom. The van der Waals surface area contributed by atoms with Gasteiger partial charge in [0.2, 0.25) is 0 Å². The van der Waals surface area contributed by atoms with Crippen LogP contribution in [0, 0.1) is 0 Å². The van der Waals surface area contributed by atoms with E-state index in [9.17, 15) is 0 Å². The second-order valence-corrected chi connectivity index (χ2v) is 5.73. The van der Waals surface area contributed by atoms with Gasteiger partial charge in [-0.3, -0.25) is 4.90 Å². The van der Waals surface area contributed by atoms with Gasteiger partial charge in [0.05, 0.1) is 0 Å². The lowest BCUT2D eigenvalue weighted by Crippen LogP contribution is -2.45. The van der Waals surface area contributed by atoms with E-state index in [1.807, 2.05) is 0 Å². The van der Waals surface area contributed by atoms with Crippen LogP contribution < -0.4 is 5.32 Å². The lowest BCUT2D eigenvalue weighted by molar-refractivity contribution is 0.164. The third-order valence-corrected chi connectivity index (χ3v) is 4.40. The van der Waals surface area contributed by atoms with Crippen molar-refractivity contribution < 1.29 is 0 Å². The molecule has 1 aromatic heterocycles. The summed E-state index contributed by atoms with van der Waals surface area (Å²) in [5.41, 5.74) is 2.75. The molecule has 108 valence electrons. The molecule has 0 saturated carbocycles. The summed E-state index contributed by atoms with van der Waals surface area (Å²) in [7, 11) is 0. The van der Waals surface area contributed by atoms with Crippen molar-refractivity contribution in [2.45, 2.75) is 32.2 Å². The third kappa shape index (κ3) is 2.74. The summed E-state index contributed by atoms with van der Waals surface area (Å²) in [6.45, 7) is 6.84. The van der Waals surface area contributed by atoms with Crippen molar-refractivity contribution in [2.75, 3.05) is 26.2 Å². The summed E-state index contributed by atoms with van der Waals surface area (Å²) in [4.78, 5) is 6.10. The molecule has 3 rings (SSSR count). The Morgan fingerprint density at radius 1 is 1.20 bits per heavy atom. The fourth-order valence-corrected chi connectivity index (χ4v) is 3.30. The molecule has 1 saturated heterocycles. The number of aromatic amines is 1. The van der Waals surface area contributed by atoms with Crippen LogP contribution in [0.5, 0.6) is 0 Å². The highest BCUT2D eigenvalue weighted by atomic mass is 15.2. The van der Waals surface area contributed by atoms with E-state index < -0.39 is 0 Å². The Labute approximate surface area is 121 Å². The average molecular weight is 271 g/mol. The fraction of sp³-hybridized carbons (Fsp3) is 0.529. The number of nitrogens with zero attached hydrogens (tertiary/aromatic N) is 1. The first-order chi connectivity index (χ1) is 9.90. The number of hydrogen-bond acceptors (Lipinski definition) is 2. The van der Waals surface area contributed by atoms with Crippen molar-refractivity contribution in [2.24, 2.45) is 0 Å². The van der Waals surface area contributed by atoms with Crippen molar-refractivity contribution in [3.05, 3.63) is 36.0 Å². The van der Waals surface area contributed by atoms with Gasteiger partial charge in [0, 0.05) is 49.3 Å². The van der Waals surface area contributed by atoms with Gasteiger partial charge in [-0.2, -0.15) is 0 Å². The van der Waals surface area contributed by atoms with Crippen LogP contribution >= 0.6 is 0 Å². The normalized spacial score (nSPS) is 18.4. The molecule has 0 radical (unpaired) electrons. The molecule has 0 amide bonds. The molecule has 0 unspecified atom stereocenters. The van der Waals surface area contributed by atoms with Crippen LogP contribution in [-0.4, -0.2) is 36.1 Å². The standard InChI is InChI=1S/C17H25N3/c1-2-3-8-17(20-11-9-18-10-12-20)15-13-19-16-7-5-4-6-14(15)16/h4-7,13,17-19H,2-3,8-12H2,1H3/t17-/m0/s1. The Balaban J connectivity index is 1.90. The number of nitrogens with one attached hydrogen (secondary N) is 2. The number of benzene rings is 1. The predicted octanol–water partition coefficient (Wildman–Crippen LogP) is 3.30. The van der Waals surface area contributed by atoms with E-state index in [4.69, 9.17) is 0 Å². The summed E-state index contributed by atoms with van der Waals surface area (Å²) in [6.07, 6.45) is 6.06. The highest BCUT2D eigenvalue weighted by Gasteiger charge is 2.23. The van der Waals surface area contributed by atoms with Gasteiger partial charge in [-0.05, 0) is 18.1 Å². The van der Waals surface area contributed by atoms with Crippen molar-refractivity contribution in [1.82, 2.24) is 15.2 Å². The number of fused-ring (bicyclic) bond motifs is 1. The largest absolute Gasteiger partial charge is 0.361 e. The van der Waals surface area contributed by atoms with E-state index in [-0.39, 0.29) is 0 Å². The van der Waals surface area contributed by atoms with Crippen LogP contribution in [0.4, 0.5) is 0 Å². The predicted molar refractivity (Wildman–Crippen MR) is 85.0 cm³/mol. The molecule has 1 atom stereocenters. The molecule has 0 spiro atoms. The quantitative estimate of drug-likeness (QED) is 0.874. The molecule has 2 aromatic rings. The molecular weight excluding hydrogens is 246 g/mol. The zero-order valence-corrected chi connectivity index (χ0v) is 12.4. The number of rotatable bonds is 5. The van der Waals surface area contributed by atoms with Gasteiger partial charge in [0.1, 0.15) is 0 Å². The SMILES string of the molecule is CCCC[C@@H](c1c[nH]c2ccccc12)N1CCNCC1. The molecular formula is C17H25N3. The van der Waals surface area contributed by atoms with Crippen LogP contribution in [-0.2, 0) is 0 Å². The van der Waals surface area contributed by atoms with Crippen LogP contribution in [0.3, 0.4) is 0 Å². The Hall–Kier alpha value is -1.32. The summed E-state index contributed by atoms with van der Waals surface area (Å²) in [5.74, 6) is 0. The number of unbranched alkanes of at least 4 members (excludes halogenated alkanes) is 1. The number of para-hydroxylation sites is 1.